The Balaban J connectivity index is 1.11. The van der Waals surface area contributed by atoms with E-state index in [0.717, 1.165) is 11.4 Å². The molecule has 0 fully saturated rings. The van der Waals surface area contributed by atoms with E-state index >= 15 is 0 Å². The number of benzene rings is 9. The lowest BCUT2D eigenvalue weighted by Crippen LogP contribution is -2.37. The quantitative estimate of drug-likeness (QED) is 0.171. The summed E-state index contributed by atoms with van der Waals surface area (Å²) in [4.78, 5) is 2.59. The van der Waals surface area contributed by atoms with E-state index in [2.05, 4.69) is 214 Å². The number of hydrogen-bond donors (Lipinski definition) is 0. The van der Waals surface area contributed by atoms with Gasteiger partial charge in [-0.2, -0.15) is 0 Å². The highest BCUT2D eigenvalue weighted by atomic mass is 32.2. The van der Waals surface area contributed by atoms with Gasteiger partial charge in [0, 0.05) is 53.5 Å². The van der Waals surface area contributed by atoms with Crippen LogP contribution in [0, 0.1) is 0 Å². The van der Waals surface area contributed by atoms with Crippen molar-refractivity contribution in [3.63, 3.8) is 0 Å². The van der Waals surface area contributed by atoms with Gasteiger partial charge in [-0.15, -0.1) is 0 Å². The molecule has 59 heavy (non-hydrogen) atoms. The van der Waals surface area contributed by atoms with Crippen molar-refractivity contribution in [1.29, 1.82) is 0 Å². The van der Waals surface area contributed by atoms with Crippen LogP contribution in [0.4, 0.5) is 0 Å². The summed E-state index contributed by atoms with van der Waals surface area (Å²) in [5.74, 6) is 0. The Bertz CT molecular complexity index is 3770. The van der Waals surface area contributed by atoms with E-state index in [-0.39, 0.29) is 0 Å². The monoisotopic (exact) mass is 767 g/mol. The highest BCUT2D eigenvalue weighted by Crippen LogP contribution is 2.61. The van der Waals surface area contributed by atoms with Crippen molar-refractivity contribution in [1.82, 2.24) is 13.7 Å². The maximum absolute atomic E-state index is 2.56. The molecule has 12 aromatic rings. The fourth-order valence-corrected chi connectivity index (χ4v) is 12.2. The average molecular weight is 768 g/mol. The summed E-state index contributed by atoms with van der Waals surface area (Å²) in [6.45, 7) is 0. The van der Waals surface area contributed by atoms with Gasteiger partial charge in [-0.05, 0) is 89.0 Å². The van der Waals surface area contributed by atoms with E-state index in [4.69, 9.17) is 0 Å². The molecule has 2 aliphatic rings. The SMILES string of the molecule is c1ccc(-n2c3ccccc3c3ccc(-n4c5ccccc5c5cc6c(cc54)Sc4ccccc4C64c5ccccc5-n5c6ccccc6c6cccc4c65)cc32)cc1. The Morgan fingerprint density at radius 1 is 0.305 bits per heavy atom. The molecule has 3 aromatic heterocycles. The maximum Gasteiger partial charge on any atom is 0.0764 e. The lowest BCUT2D eigenvalue weighted by molar-refractivity contribution is 0.691. The predicted molar refractivity (Wildman–Crippen MR) is 245 cm³/mol. The molecule has 1 spiro atoms. The second-order valence-electron chi connectivity index (χ2n) is 16.0. The first-order valence-electron chi connectivity index (χ1n) is 20.4. The summed E-state index contributed by atoms with van der Waals surface area (Å²) in [5, 5.41) is 7.61. The van der Waals surface area contributed by atoms with Crippen LogP contribution in [-0.4, -0.2) is 13.7 Å². The number of aromatic nitrogens is 3. The molecule has 2 aliphatic heterocycles. The first kappa shape index (κ1) is 31.8. The van der Waals surface area contributed by atoms with Crippen LogP contribution in [0.25, 0.3) is 82.5 Å². The topological polar surface area (TPSA) is 14.8 Å². The van der Waals surface area contributed by atoms with E-state index in [9.17, 15) is 0 Å². The number of rotatable bonds is 2. The molecule has 1 atom stereocenters. The van der Waals surface area contributed by atoms with Gasteiger partial charge in [0.15, 0.2) is 0 Å². The van der Waals surface area contributed by atoms with Gasteiger partial charge in [-0.25, -0.2) is 0 Å². The third kappa shape index (κ3) is 3.95. The van der Waals surface area contributed by atoms with Gasteiger partial charge < -0.3 is 13.7 Å². The fraction of sp³-hybridized carbons (Fsp3) is 0.0182. The van der Waals surface area contributed by atoms with Crippen molar-refractivity contribution in [2.45, 2.75) is 15.2 Å². The Morgan fingerprint density at radius 2 is 0.864 bits per heavy atom. The summed E-state index contributed by atoms with van der Waals surface area (Å²) in [7, 11) is 0. The minimum atomic E-state index is -0.537. The number of nitrogens with zero attached hydrogens (tertiary/aromatic N) is 3. The summed E-state index contributed by atoms with van der Waals surface area (Å²) in [6.07, 6.45) is 0. The van der Waals surface area contributed by atoms with E-state index in [1.54, 1.807) is 0 Å². The Labute approximate surface area is 344 Å². The summed E-state index contributed by atoms with van der Waals surface area (Å²) >= 11 is 1.91. The summed E-state index contributed by atoms with van der Waals surface area (Å²) in [5.41, 5.74) is 15.7. The van der Waals surface area contributed by atoms with Crippen LogP contribution in [-0.2, 0) is 5.41 Å². The van der Waals surface area contributed by atoms with E-state index in [1.165, 1.54) is 103 Å². The minimum absolute atomic E-state index is 0.537. The van der Waals surface area contributed by atoms with Crippen molar-refractivity contribution in [2.75, 3.05) is 0 Å². The largest absolute Gasteiger partial charge is 0.309 e. The lowest BCUT2D eigenvalue weighted by atomic mass is 9.62. The Hall–Kier alpha value is -7.27. The van der Waals surface area contributed by atoms with Crippen molar-refractivity contribution in [2.24, 2.45) is 0 Å². The van der Waals surface area contributed by atoms with Gasteiger partial charge >= 0.3 is 0 Å². The van der Waals surface area contributed by atoms with Gasteiger partial charge in [0.2, 0.25) is 0 Å². The molecule has 0 bridgehead atoms. The molecule has 14 rings (SSSR count). The molecule has 0 saturated carbocycles. The Morgan fingerprint density at radius 3 is 1.66 bits per heavy atom. The average Bonchev–Trinajstić information content (AvgIpc) is 3.93. The highest BCUT2D eigenvalue weighted by Gasteiger charge is 2.49. The highest BCUT2D eigenvalue weighted by molar-refractivity contribution is 7.99. The van der Waals surface area contributed by atoms with Crippen LogP contribution >= 0.6 is 11.8 Å². The summed E-state index contributed by atoms with van der Waals surface area (Å²) in [6, 6.07) is 74.8. The van der Waals surface area contributed by atoms with Gasteiger partial charge in [-0.3, -0.25) is 0 Å². The third-order valence-electron chi connectivity index (χ3n) is 13.3. The molecule has 1 unspecified atom stereocenters. The van der Waals surface area contributed by atoms with Crippen molar-refractivity contribution in [3.8, 4) is 17.1 Å². The number of para-hydroxylation sites is 6. The Kier molecular flexibility index (Phi) is 6.16. The zero-order chi connectivity index (χ0) is 38.4. The van der Waals surface area contributed by atoms with Crippen LogP contribution in [0.3, 0.4) is 0 Å². The van der Waals surface area contributed by atoms with Crippen LogP contribution in [0.1, 0.15) is 22.3 Å². The van der Waals surface area contributed by atoms with Gasteiger partial charge in [-0.1, -0.05) is 145 Å². The third-order valence-corrected chi connectivity index (χ3v) is 14.4. The molecule has 3 nitrogen and oxygen atoms in total. The second-order valence-corrected chi connectivity index (χ2v) is 17.1. The van der Waals surface area contributed by atoms with Gasteiger partial charge in [0.1, 0.15) is 0 Å². The molecule has 0 N–H and O–H groups in total. The fourth-order valence-electron chi connectivity index (χ4n) is 11.0. The van der Waals surface area contributed by atoms with Crippen LogP contribution in [0.2, 0.25) is 0 Å². The van der Waals surface area contributed by atoms with Crippen LogP contribution in [0.15, 0.2) is 210 Å². The minimum Gasteiger partial charge on any atom is -0.309 e. The smallest absolute Gasteiger partial charge is 0.0764 e. The van der Waals surface area contributed by atoms with E-state index < -0.39 is 5.41 Å². The number of hydrogen-bond acceptors (Lipinski definition) is 1. The zero-order valence-electron chi connectivity index (χ0n) is 31.8. The van der Waals surface area contributed by atoms with E-state index in [1.807, 2.05) is 11.8 Å². The lowest BCUT2D eigenvalue weighted by Gasteiger charge is -2.45. The molecule has 0 saturated heterocycles. The molecule has 4 heteroatoms. The number of fused-ring (bicyclic) bond motifs is 17. The van der Waals surface area contributed by atoms with Crippen molar-refractivity contribution < 1.29 is 0 Å². The normalized spacial score (nSPS) is 15.5. The first-order valence-corrected chi connectivity index (χ1v) is 21.2. The van der Waals surface area contributed by atoms with Gasteiger partial charge in [0.05, 0.1) is 44.2 Å². The molecule has 0 aliphatic carbocycles. The van der Waals surface area contributed by atoms with Gasteiger partial charge in [0.25, 0.3) is 0 Å². The van der Waals surface area contributed by atoms with Crippen LogP contribution < -0.4 is 0 Å². The van der Waals surface area contributed by atoms with Crippen molar-refractivity contribution >= 4 is 77.2 Å². The maximum atomic E-state index is 2.56. The molecule has 5 heterocycles. The zero-order valence-corrected chi connectivity index (χ0v) is 32.6. The molecule has 0 amide bonds. The molecule has 274 valence electrons. The standard InChI is InChI=1S/C55H33N3S/c1-2-15-34(16-3-1)56-46-24-9-4-17-36(46)39-30-29-35(31-50(39)56)57-47-25-10-6-19-38(47)41-32-45-53(33-51(41)57)59-52-28-13-8-22-43(52)55(45)42-21-7-12-27-49(42)58-48-26-11-5-18-37(48)40-20-14-23-44(55)54(40)58/h1-33H. The molecular weight excluding hydrogens is 735 g/mol. The molecular formula is C55H33N3S. The van der Waals surface area contributed by atoms with E-state index in [0.29, 0.717) is 0 Å². The predicted octanol–water partition coefficient (Wildman–Crippen LogP) is 14.1. The first-order chi connectivity index (χ1) is 29.3. The molecule has 9 aromatic carbocycles. The van der Waals surface area contributed by atoms with Crippen LogP contribution in [0.5, 0.6) is 0 Å². The summed E-state index contributed by atoms with van der Waals surface area (Å²) < 4.78 is 7.44. The molecule has 0 radical (unpaired) electrons. The second kappa shape index (κ2) is 11.4. The van der Waals surface area contributed by atoms with Crippen molar-refractivity contribution in [3.05, 3.63) is 222 Å².